The van der Waals surface area contributed by atoms with Gasteiger partial charge in [0.1, 0.15) is 0 Å². The second-order valence-corrected chi connectivity index (χ2v) is 6.08. The first-order chi connectivity index (χ1) is 9.79. The molecule has 2 rings (SSSR count). The van der Waals surface area contributed by atoms with Crippen LogP contribution in [0.5, 0.6) is 0 Å². The van der Waals surface area contributed by atoms with Gasteiger partial charge in [-0.3, -0.25) is 9.80 Å². The molecule has 1 atom stereocenters. The molecule has 1 aliphatic carbocycles. The van der Waals surface area contributed by atoms with E-state index in [0.29, 0.717) is 19.1 Å². The Balaban J connectivity index is 1.76. The van der Waals surface area contributed by atoms with E-state index >= 15 is 0 Å². The molecule has 0 aromatic rings. The van der Waals surface area contributed by atoms with Gasteiger partial charge in [-0.2, -0.15) is 0 Å². The molecule has 0 radical (unpaired) electrons. The summed E-state index contributed by atoms with van der Waals surface area (Å²) in [6.45, 7) is 5.65. The molecular weight excluding hydrogens is 256 g/mol. The highest BCUT2D eigenvalue weighted by atomic mass is 16.5. The largest absolute Gasteiger partial charge is 0.395 e. The fourth-order valence-corrected chi connectivity index (χ4v) is 3.41. The topological polar surface area (TPSA) is 56.2 Å². The fraction of sp³-hybridized carbons (Fsp3) is 1.00. The lowest BCUT2D eigenvalue weighted by atomic mass is 9.94. The maximum Gasteiger partial charge on any atom is 0.0793 e. The standard InChI is InChI=1S/C15H30N2O3/c18-9-6-17(14-4-2-1-3-5-14)13-15(19)12-16-7-10-20-11-8-16/h14-15,18-19H,1-13H2. The minimum atomic E-state index is -0.332. The zero-order chi connectivity index (χ0) is 14.2. The van der Waals surface area contributed by atoms with E-state index in [2.05, 4.69) is 9.80 Å². The zero-order valence-electron chi connectivity index (χ0n) is 12.5. The van der Waals surface area contributed by atoms with E-state index in [9.17, 15) is 10.2 Å². The summed E-state index contributed by atoms with van der Waals surface area (Å²) in [5.41, 5.74) is 0. The van der Waals surface area contributed by atoms with Crippen molar-refractivity contribution in [2.45, 2.75) is 44.2 Å². The van der Waals surface area contributed by atoms with E-state index in [4.69, 9.17) is 4.74 Å². The second-order valence-electron chi connectivity index (χ2n) is 6.08. The molecule has 0 aromatic carbocycles. The van der Waals surface area contributed by atoms with Crippen molar-refractivity contribution in [3.8, 4) is 0 Å². The molecule has 5 heteroatoms. The molecule has 1 aliphatic heterocycles. The van der Waals surface area contributed by atoms with Crippen LogP contribution in [-0.2, 0) is 4.74 Å². The first-order valence-electron chi connectivity index (χ1n) is 8.12. The first kappa shape index (κ1) is 16.2. The highest BCUT2D eigenvalue weighted by Crippen LogP contribution is 2.22. The van der Waals surface area contributed by atoms with E-state index in [1.165, 1.54) is 32.1 Å². The number of hydrogen-bond acceptors (Lipinski definition) is 5. The predicted octanol–water partition coefficient (Wildman–Crippen LogP) is 0.307. The second kappa shape index (κ2) is 8.95. The summed E-state index contributed by atoms with van der Waals surface area (Å²) in [6, 6.07) is 0.551. The fourth-order valence-electron chi connectivity index (χ4n) is 3.41. The number of ether oxygens (including phenoxy) is 1. The van der Waals surface area contributed by atoms with Gasteiger partial charge < -0.3 is 14.9 Å². The van der Waals surface area contributed by atoms with Gasteiger partial charge in [0.05, 0.1) is 25.9 Å². The Morgan fingerprint density at radius 3 is 2.50 bits per heavy atom. The molecule has 0 aromatic heterocycles. The molecule has 1 saturated carbocycles. The summed E-state index contributed by atoms with van der Waals surface area (Å²) >= 11 is 0. The highest BCUT2D eigenvalue weighted by molar-refractivity contribution is 4.79. The highest BCUT2D eigenvalue weighted by Gasteiger charge is 2.24. The molecule has 0 bridgehead atoms. The number of nitrogens with zero attached hydrogens (tertiary/aromatic N) is 2. The number of morpholine rings is 1. The van der Waals surface area contributed by atoms with Gasteiger partial charge in [0.2, 0.25) is 0 Å². The Hall–Kier alpha value is -0.200. The molecule has 1 saturated heterocycles. The molecule has 2 fully saturated rings. The zero-order valence-corrected chi connectivity index (χ0v) is 12.5. The lowest BCUT2D eigenvalue weighted by Gasteiger charge is -2.36. The average molecular weight is 286 g/mol. The summed E-state index contributed by atoms with van der Waals surface area (Å²) in [5.74, 6) is 0. The van der Waals surface area contributed by atoms with Gasteiger partial charge in [0.15, 0.2) is 0 Å². The minimum absolute atomic E-state index is 0.181. The van der Waals surface area contributed by atoms with Crippen LogP contribution in [0.1, 0.15) is 32.1 Å². The van der Waals surface area contributed by atoms with Crippen LogP contribution in [0.2, 0.25) is 0 Å². The van der Waals surface area contributed by atoms with Crippen LogP contribution >= 0.6 is 0 Å². The van der Waals surface area contributed by atoms with Crippen LogP contribution in [0.4, 0.5) is 0 Å². The van der Waals surface area contributed by atoms with Crippen LogP contribution in [-0.4, -0.2) is 84.7 Å². The normalized spacial score (nSPS) is 24.1. The number of aliphatic hydroxyl groups excluding tert-OH is 2. The predicted molar refractivity (Wildman–Crippen MR) is 78.8 cm³/mol. The Bertz CT molecular complexity index is 254. The van der Waals surface area contributed by atoms with Crippen molar-refractivity contribution < 1.29 is 14.9 Å². The maximum absolute atomic E-state index is 10.3. The van der Waals surface area contributed by atoms with Crippen LogP contribution in [0.15, 0.2) is 0 Å². The molecule has 118 valence electrons. The van der Waals surface area contributed by atoms with Crippen molar-refractivity contribution in [1.82, 2.24) is 9.80 Å². The summed E-state index contributed by atoms with van der Waals surface area (Å²) in [7, 11) is 0. The molecule has 1 unspecified atom stereocenters. The van der Waals surface area contributed by atoms with Gasteiger partial charge in [-0.1, -0.05) is 19.3 Å². The molecule has 20 heavy (non-hydrogen) atoms. The quantitative estimate of drug-likeness (QED) is 0.705. The number of rotatable bonds is 7. The van der Waals surface area contributed by atoms with Gasteiger partial charge >= 0.3 is 0 Å². The summed E-state index contributed by atoms with van der Waals surface area (Å²) in [4.78, 5) is 4.57. The third kappa shape index (κ3) is 5.30. The van der Waals surface area contributed by atoms with E-state index in [1.807, 2.05) is 0 Å². The smallest absolute Gasteiger partial charge is 0.0793 e. The number of β-amino-alcohol motifs (C(OH)–C–C–N with tert-alkyl or cyclic N) is 1. The first-order valence-corrected chi connectivity index (χ1v) is 8.12. The molecular formula is C15H30N2O3. The number of aliphatic hydroxyl groups is 2. The summed E-state index contributed by atoms with van der Waals surface area (Å²) in [5, 5.41) is 19.6. The molecule has 2 aliphatic rings. The van der Waals surface area contributed by atoms with Crippen molar-refractivity contribution in [3.63, 3.8) is 0 Å². The Morgan fingerprint density at radius 1 is 1.15 bits per heavy atom. The van der Waals surface area contributed by atoms with E-state index in [-0.39, 0.29) is 12.7 Å². The maximum atomic E-state index is 10.3. The Kier molecular flexibility index (Phi) is 7.24. The monoisotopic (exact) mass is 286 g/mol. The molecule has 1 heterocycles. The summed E-state index contributed by atoms with van der Waals surface area (Å²) in [6.07, 6.45) is 5.99. The van der Waals surface area contributed by atoms with Crippen LogP contribution in [0.25, 0.3) is 0 Å². The van der Waals surface area contributed by atoms with Gasteiger partial charge in [-0.25, -0.2) is 0 Å². The third-order valence-electron chi connectivity index (χ3n) is 4.50. The third-order valence-corrected chi connectivity index (χ3v) is 4.50. The lowest BCUT2D eigenvalue weighted by molar-refractivity contribution is -0.00107. The molecule has 0 amide bonds. The minimum Gasteiger partial charge on any atom is -0.395 e. The number of hydrogen-bond donors (Lipinski definition) is 2. The van der Waals surface area contributed by atoms with E-state index in [0.717, 1.165) is 32.8 Å². The van der Waals surface area contributed by atoms with Crippen molar-refractivity contribution in [2.75, 3.05) is 52.5 Å². The van der Waals surface area contributed by atoms with Gasteiger partial charge in [-0.15, -0.1) is 0 Å². The van der Waals surface area contributed by atoms with Crippen LogP contribution in [0, 0.1) is 0 Å². The molecule has 2 N–H and O–H groups in total. The summed E-state index contributed by atoms with van der Waals surface area (Å²) < 4.78 is 5.33. The van der Waals surface area contributed by atoms with Crippen molar-refractivity contribution in [1.29, 1.82) is 0 Å². The van der Waals surface area contributed by atoms with Crippen LogP contribution in [0.3, 0.4) is 0 Å². The van der Waals surface area contributed by atoms with Crippen molar-refractivity contribution >= 4 is 0 Å². The molecule has 0 spiro atoms. The van der Waals surface area contributed by atoms with Crippen molar-refractivity contribution in [2.24, 2.45) is 0 Å². The van der Waals surface area contributed by atoms with Gasteiger partial charge in [0, 0.05) is 38.8 Å². The van der Waals surface area contributed by atoms with E-state index in [1.54, 1.807) is 0 Å². The lowest BCUT2D eigenvalue weighted by Crippen LogP contribution is -2.48. The molecule has 5 nitrogen and oxygen atoms in total. The van der Waals surface area contributed by atoms with Gasteiger partial charge in [-0.05, 0) is 12.8 Å². The Labute approximate surface area is 122 Å². The average Bonchev–Trinajstić information content (AvgIpc) is 2.49. The SMILES string of the molecule is OCCN(CC(O)CN1CCOCC1)C1CCCCC1. The Morgan fingerprint density at radius 2 is 1.85 bits per heavy atom. The van der Waals surface area contributed by atoms with E-state index < -0.39 is 0 Å². The van der Waals surface area contributed by atoms with Gasteiger partial charge in [0.25, 0.3) is 0 Å². The van der Waals surface area contributed by atoms with Crippen molar-refractivity contribution in [3.05, 3.63) is 0 Å². The van der Waals surface area contributed by atoms with Crippen LogP contribution < -0.4 is 0 Å².